The Kier molecular flexibility index (Phi) is 5.70. The molecule has 2 rings (SSSR count). The molecule has 0 aliphatic heterocycles. The highest BCUT2D eigenvalue weighted by Gasteiger charge is 2.15. The van der Waals surface area contributed by atoms with Crippen molar-refractivity contribution in [2.24, 2.45) is 0 Å². The number of halogens is 1. The summed E-state index contributed by atoms with van der Waals surface area (Å²) < 4.78 is 27.3. The van der Waals surface area contributed by atoms with Crippen molar-refractivity contribution in [1.82, 2.24) is 4.72 Å². The van der Waals surface area contributed by atoms with Crippen LogP contribution in [-0.2, 0) is 10.0 Å². The summed E-state index contributed by atoms with van der Waals surface area (Å²) in [5.74, 6) is -0.385. The second-order valence-electron chi connectivity index (χ2n) is 4.63. The average Bonchev–Trinajstić information content (AvgIpc) is 2.53. The number of amides is 1. The number of benzene rings is 2. The van der Waals surface area contributed by atoms with Gasteiger partial charge in [-0.25, -0.2) is 13.1 Å². The number of carbonyl (C=O) groups is 1. The Bertz CT molecular complexity index is 835. The summed E-state index contributed by atoms with van der Waals surface area (Å²) in [6, 6.07) is 13.0. The molecular formula is C16H15BrN2O3S. The van der Waals surface area contributed by atoms with Gasteiger partial charge in [0.25, 0.3) is 5.91 Å². The zero-order valence-corrected chi connectivity index (χ0v) is 14.5. The van der Waals surface area contributed by atoms with Gasteiger partial charge in [0.15, 0.2) is 0 Å². The minimum absolute atomic E-state index is 0.0289. The summed E-state index contributed by atoms with van der Waals surface area (Å²) >= 11 is 3.32. The van der Waals surface area contributed by atoms with Crippen LogP contribution in [0.2, 0.25) is 0 Å². The van der Waals surface area contributed by atoms with E-state index in [4.69, 9.17) is 0 Å². The number of hydrogen-bond acceptors (Lipinski definition) is 3. The summed E-state index contributed by atoms with van der Waals surface area (Å²) in [7, 11) is -3.67. The Labute approximate surface area is 143 Å². The van der Waals surface area contributed by atoms with Crippen molar-refractivity contribution in [2.45, 2.75) is 4.90 Å². The van der Waals surface area contributed by atoms with Crippen LogP contribution in [0.3, 0.4) is 0 Å². The van der Waals surface area contributed by atoms with Crippen LogP contribution in [0.25, 0.3) is 0 Å². The molecule has 0 atom stereocenters. The van der Waals surface area contributed by atoms with E-state index in [0.717, 1.165) is 4.47 Å². The first-order valence-electron chi connectivity index (χ1n) is 6.70. The van der Waals surface area contributed by atoms with Gasteiger partial charge in [-0.3, -0.25) is 4.79 Å². The maximum absolute atomic E-state index is 12.3. The van der Waals surface area contributed by atoms with Crippen molar-refractivity contribution in [3.63, 3.8) is 0 Å². The Morgan fingerprint density at radius 3 is 2.61 bits per heavy atom. The van der Waals surface area contributed by atoms with Gasteiger partial charge < -0.3 is 5.32 Å². The molecule has 0 bridgehead atoms. The quantitative estimate of drug-likeness (QED) is 0.738. The molecule has 1 amide bonds. The zero-order chi connectivity index (χ0) is 16.9. The second-order valence-corrected chi connectivity index (χ2v) is 7.32. The van der Waals surface area contributed by atoms with E-state index >= 15 is 0 Å². The van der Waals surface area contributed by atoms with E-state index in [1.807, 2.05) is 6.07 Å². The van der Waals surface area contributed by atoms with Crippen molar-refractivity contribution in [2.75, 3.05) is 11.9 Å². The van der Waals surface area contributed by atoms with Crippen LogP contribution < -0.4 is 10.0 Å². The van der Waals surface area contributed by atoms with Crippen molar-refractivity contribution < 1.29 is 13.2 Å². The van der Waals surface area contributed by atoms with E-state index in [1.54, 1.807) is 24.3 Å². The molecule has 2 aromatic carbocycles. The number of carbonyl (C=O) groups excluding carboxylic acids is 1. The molecule has 0 saturated heterocycles. The normalized spacial score (nSPS) is 11.0. The molecule has 23 heavy (non-hydrogen) atoms. The smallest absolute Gasteiger partial charge is 0.255 e. The van der Waals surface area contributed by atoms with Gasteiger partial charge in [-0.1, -0.05) is 34.1 Å². The van der Waals surface area contributed by atoms with Crippen molar-refractivity contribution in [3.8, 4) is 0 Å². The maximum Gasteiger partial charge on any atom is 0.255 e. The number of hydrogen-bond donors (Lipinski definition) is 2. The van der Waals surface area contributed by atoms with Gasteiger partial charge >= 0.3 is 0 Å². The first kappa shape index (κ1) is 17.4. The predicted molar refractivity (Wildman–Crippen MR) is 93.9 cm³/mol. The summed E-state index contributed by atoms with van der Waals surface area (Å²) in [5, 5.41) is 2.72. The first-order chi connectivity index (χ1) is 10.9. The molecule has 0 heterocycles. The average molecular weight is 395 g/mol. The largest absolute Gasteiger partial charge is 0.322 e. The van der Waals surface area contributed by atoms with E-state index < -0.39 is 10.0 Å². The minimum atomic E-state index is -3.67. The molecular weight excluding hydrogens is 380 g/mol. The standard InChI is InChI=1S/C16H15BrN2O3S/c1-2-9-18-23(21,22)15-8-3-5-12(10-15)16(20)19-14-7-4-6-13(17)11-14/h2-8,10-11,18H,1,9H2,(H,19,20). The highest BCUT2D eigenvalue weighted by Crippen LogP contribution is 2.17. The van der Waals surface area contributed by atoms with Crippen LogP contribution in [0.4, 0.5) is 5.69 Å². The van der Waals surface area contributed by atoms with Crippen LogP contribution in [0.15, 0.2) is 70.6 Å². The van der Waals surface area contributed by atoms with Crippen molar-refractivity contribution in [1.29, 1.82) is 0 Å². The summed E-state index contributed by atoms with van der Waals surface area (Å²) in [5.41, 5.74) is 0.869. The fourth-order valence-corrected chi connectivity index (χ4v) is 3.27. The van der Waals surface area contributed by atoms with Gasteiger partial charge in [0.05, 0.1) is 4.90 Å². The molecule has 0 aromatic heterocycles. The highest BCUT2D eigenvalue weighted by atomic mass is 79.9. The maximum atomic E-state index is 12.3. The lowest BCUT2D eigenvalue weighted by Gasteiger charge is -2.08. The van der Waals surface area contributed by atoms with Crippen LogP contribution in [0.5, 0.6) is 0 Å². The molecule has 0 spiro atoms. The third kappa shape index (κ3) is 4.75. The van der Waals surface area contributed by atoms with Gasteiger partial charge in [-0.2, -0.15) is 0 Å². The Hall–Kier alpha value is -1.96. The third-order valence-corrected chi connectivity index (χ3v) is 4.82. The van der Waals surface area contributed by atoms with Crippen LogP contribution in [0.1, 0.15) is 10.4 Å². The van der Waals surface area contributed by atoms with Gasteiger partial charge in [-0.05, 0) is 36.4 Å². The van der Waals surface area contributed by atoms with Crippen LogP contribution in [0, 0.1) is 0 Å². The predicted octanol–water partition coefficient (Wildman–Crippen LogP) is 3.17. The van der Waals surface area contributed by atoms with E-state index in [9.17, 15) is 13.2 Å². The Morgan fingerprint density at radius 1 is 1.17 bits per heavy atom. The molecule has 0 aliphatic carbocycles. The van der Waals surface area contributed by atoms with Gasteiger partial charge in [0, 0.05) is 22.3 Å². The molecule has 5 nitrogen and oxygen atoms in total. The van der Waals surface area contributed by atoms with Crippen LogP contribution in [-0.4, -0.2) is 20.9 Å². The van der Waals surface area contributed by atoms with Gasteiger partial charge in [0.1, 0.15) is 0 Å². The molecule has 2 N–H and O–H groups in total. The lowest BCUT2D eigenvalue weighted by Crippen LogP contribution is -2.24. The fourth-order valence-electron chi connectivity index (χ4n) is 1.83. The number of nitrogens with one attached hydrogen (secondary N) is 2. The third-order valence-electron chi connectivity index (χ3n) is 2.91. The van der Waals surface area contributed by atoms with Crippen molar-refractivity contribution in [3.05, 3.63) is 71.2 Å². The number of anilines is 1. The summed E-state index contributed by atoms with van der Waals surface area (Å²) in [6.45, 7) is 3.58. The molecule has 0 radical (unpaired) electrons. The fraction of sp³-hybridized carbons (Fsp3) is 0.0625. The molecule has 0 fully saturated rings. The van der Waals surface area contributed by atoms with Gasteiger partial charge in [0.2, 0.25) is 10.0 Å². The van der Waals surface area contributed by atoms with E-state index in [1.165, 1.54) is 24.3 Å². The number of sulfonamides is 1. The Balaban J connectivity index is 2.22. The molecule has 2 aromatic rings. The van der Waals surface area contributed by atoms with E-state index in [0.29, 0.717) is 5.69 Å². The lowest BCUT2D eigenvalue weighted by molar-refractivity contribution is 0.102. The molecule has 120 valence electrons. The SMILES string of the molecule is C=CCNS(=O)(=O)c1cccc(C(=O)Nc2cccc(Br)c2)c1. The Morgan fingerprint density at radius 2 is 1.91 bits per heavy atom. The molecule has 0 unspecified atom stereocenters. The monoisotopic (exact) mass is 394 g/mol. The summed E-state index contributed by atoms with van der Waals surface area (Å²) in [4.78, 5) is 12.3. The first-order valence-corrected chi connectivity index (χ1v) is 8.97. The zero-order valence-electron chi connectivity index (χ0n) is 12.1. The van der Waals surface area contributed by atoms with Crippen molar-refractivity contribution >= 4 is 37.5 Å². The molecule has 0 aliphatic rings. The second kappa shape index (κ2) is 7.54. The van der Waals surface area contributed by atoms with Gasteiger partial charge in [-0.15, -0.1) is 6.58 Å². The topological polar surface area (TPSA) is 75.3 Å². The van der Waals surface area contributed by atoms with E-state index in [2.05, 4.69) is 32.5 Å². The molecule has 0 saturated carbocycles. The highest BCUT2D eigenvalue weighted by molar-refractivity contribution is 9.10. The van der Waals surface area contributed by atoms with E-state index in [-0.39, 0.29) is 22.9 Å². The number of rotatable bonds is 6. The molecule has 7 heteroatoms. The minimum Gasteiger partial charge on any atom is -0.322 e. The lowest BCUT2D eigenvalue weighted by atomic mass is 10.2. The van der Waals surface area contributed by atoms with Crippen LogP contribution >= 0.6 is 15.9 Å². The summed E-state index contributed by atoms with van der Waals surface area (Å²) in [6.07, 6.45) is 1.45.